The van der Waals surface area contributed by atoms with E-state index in [4.69, 9.17) is 4.98 Å². The standard InChI is InChI=1S/C18H19FN6S/c1-12-23-24-18(26-12)22-17-10-20-9-15(21-17)16-7-4-8-25(16)11-13-5-2-3-6-14(13)19/h2-3,5-6,9-10,16H,4,7-8,11H2,1H3,(H,21,22,24). The molecule has 1 atom stereocenters. The molecule has 1 aliphatic rings. The van der Waals surface area contributed by atoms with Crippen LogP contribution in [0.3, 0.4) is 0 Å². The van der Waals surface area contributed by atoms with Gasteiger partial charge < -0.3 is 5.32 Å². The summed E-state index contributed by atoms with van der Waals surface area (Å²) in [5.41, 5.74) is 1.61. The Kier molecular flexibility index (Phi) is 4.85. The molecule has 8 heteroatoms. The second kappa shape index (κ2) is 7.43. The van der Waals surface area contributed by atoms with E-state index in [1.165, 1.54) is 17.4 Å². The maximum Gasteiger partial charge on any atom is 0.211 e. The average Bonchev–Trinajstić information content (AvgIpc) is 3.26. The molecule has 4 rings (SSSR count). The largest absolute Gasteiger partial charge is 0.313 e. The summed E-state index contributed by atoms with van der Waals surface area (Å²) < 4.78 is 14.0. The summed E-state index contributed by atoms with van der Waals surface area (Å²) in [4.78, 5) is 11.3. The molecular weight excluding hydrogens is 351 g/mol. The number of nitrogens with zero attached hydrogens (tertiary/aromatic N) is 5. The number of hydrogen-bond acceptors (Lipinski definition) is 7. The van der Waals surface area contributed by atoms with E-state index in [1.807, 2.05) is 19.1 Å². The van der Waals surface area contributed by atoms with Gasteiger partial charge in [-0.2, -0.15) is 0 Å². The number of aryl methyl sites for hydroxylation is 1. The van der Waals surface area contributed by atoms with Crippen molar-refractivity contribution in [2.45, 2.75) is 32.4 Å². The zero-order chi connectivity index (χ0) is 17.9. The third-order valence-electron chi connectivity index (χ3n) is 4.45. The smallest absolute Gasteiger partial charge is 0.211 e. The van der Waals surface area contributed by atoms with E-state index in [0.717, 1.165) is 30.1 Å². The van der Waals surface area contributed by atoms with Crippen LogP contribution in [-0.2, 0) is 6.54 Å². The van der Waals surface area contributed by atoms with Gasteiger partial charge in [-0.15, -0.1) is 10.2 Å². The molecule has 1 saturated heterocycles. The lowest BCUT2D eigenvalue weighted by Gasteiger charge is -2.24. The van der Waals surface area contributed by atoms with E-state index in [-0.39, 0.29) is 11.9 Å². The maximum atomic E-state index is 14.0. The minimum absolute atomic E-state index is 0.139. The van der Waals surface area contributed by atoms with E-state index in [1.54, 1.807) is 18.5 Å². The van der Waals surface area contributed by atoms with Gasteiger partial charge in [0, 0.05) is 12.1 Å². The number of rotatable bonds is 5. The summed E-state index contributed by atoms with van der Waals surface area (Å²) in [6.45, 7) is 3.41. The molecule has 1 unspecified atom stereocenters. The molecule has 3 aromatic rings. The molecule has 0 saturated carbocycles. The zero-order valence-electron chi connectivity index (χ0n) is 14.4. The highest BCUT2D eigenvalue weighted by Gasteiger charge is 2.28. The lowest BCUT2D eigenvalue weighted by Crippen LogP contribution is -2.24. The molecule has 0 spiro atoms. The molecule has 1 aliphatic heterocycles. The minimum atomic E-state index is -0.161. The van der Waals surface area contributed by atoms with Gasteiger partial charge in [0.25, 0.3) is 0 Å². The summed E-state index contributed by atoms with van der Waals surface area (Å²) >= 11 is 1.47. The van der Waals surface area contributed by atoms with Crippen molar-refractivity contribution in [3.05, 3.63) is 58.7 Å². The van der Waals surface area contributed by atoms with Crippen molar-refractivity contribution < 1.29 is 4.39 Å². The fraction of sp³-hybridized carbons (Fsp3) is 0.333. The number of hydrogen-bond donors (Lipinski definition) is 1. The molecule has 1 fully saturated rings. The van der Waals surface area contributed by atoms with Crippen molar-refractivity contribution in [2.75, 3.05) is 11.9 Å². The molecule has 0 amide bonds. The molecular formula is C18H19FN6S. The Morgan fingerprint density at radius 3 is 2.96 bits per heavy atom. The Morgan fingerprint density at radius 2 is 2.15 bits per heavy atom. The molecule has 0 radical (unpaired) electrons. The zero-order valence-corrected chi connectivity index (χ0v) is 15.2. The van der Waals surface area contributed by atoms with Crippen LogP contribution in [0.4, 0.5) is 15.3 Å². The van der Waals surface area contributed by atoms with Gasteiger partial charge in [-0.1, -0.05) is 29.5 Å². The third-order valence-corrected chi connectivity index (χ3v) is 5.20. The molecule has 134 valence electrons. The van der Waals surface area contributed by atoms with Crippen molar-refractivity contribution in [3.8, 4) is 0 Å². The highest BCUT2D eigenvalue weighted by molar-refractivity contribution is 7.15. The lowest BCUT2D eigenvalue weighted by atomic mass is 10.1. The van der Waals surface area contributed by atoms with Crippen molar-refractivity contribution in [1.82, 2.24) is 25.1 Å². The summed E-state index contributed by atoms with van der Waals surface area (Å²) in [7, 11) is 0. The first-order valence-electron chi connectivity index (χ1n) is 8.55. The van der Waals surface area contributed by atoms with Crippen LogP contribution in [0.1, 0.15) is 35.1 Å². The second-order valence-electron chi connectivity index (χ2n) is 6.30. The van der Waals surface area contributed by atoms with Crippen LogP contribution in [-0.4, -0.2) is 31.6 Å². The summed E-state index contributed by atoms with van der Waals surface area (Å²) in [5.74, 6) is 0.489. The van der Waals surface area contributed by atoms with Gasteiger partial charge in [-0.3, -0.25) is 9.88 Å². The Labute approximate surface area is 155 Å². The van der Waals surface area contributed by atoms with E-state index in [0.29, 0.717) is 23.1 Å². The van der Waals surface area contributed by atoms with Gasteiger partial charge in [-0.05, 0) is 32.4 Å². The van der Waals surface area contributed by atoms with Gasteiger partial charge in [0.2, 0.25) is 5.13 Å². The lowest BCUT2D eigenvalue weighted by molar-refractivity contribution is 0.241. The maximum absolute atomic E-state index is 14.0. The van der Waals surface area contributed by atoms with Crippen LogP contribution in [0.25, 0.3) is 0 Å². The first-order valence-corrected chi connectivity index (χ1v) is 9.37. The highest BCUT2D eigenvalue weighted by atomic mass is 32.1. The minimum Gasteiger partial charge on any atom is -0.313 e. The molecule has 1 aromatic carbocycles. The number of likely N-dealkylation sites (tertiary alicyclic amines) is 1. The number of anilines is 2. The monoisotopic (exact) mass is 370 g/mol. The molecule has 0 bridgehead atoms. The fourth-order valence-corrected chi connectivity index (χ4v) is 3.85. The van der Waals surface area contributed by atoms with E-state index in [9.17, 15) is 4.39 Å². The summed E-state index contributed by atoms with van der Waals surface area (Å²) in [6.07, 6.45) is 5.52. The van der Waals surface area contributed by atoms with Gasteiger partial charge in [0.1, 0.15) is 10.8 Å². The van der Waals surface area contributed by atoms with Gasteiger partial charge in [0.15, 0.2) is 5.82 Å². The topological polar surface area (TPSA) is 66.8 Å². The van der Waals surface area contributed by atoms with Crippen molar-refractivity contribution >= 4 is 22.3 Å². The van der Waals surface area contributed by atoms with Gasteiger partial charge in [-0.25, -0.2) is 9.37 Å². The Morgan fingerprint density at radius 1 is 1.27 bits per heavy atom. The fourth-order valence-electron chi connectivity index (χ4n) is 3.25. The van der Waals surface area contributed by atoms with Crippen LogP contribution in [0.5, 0.6) is 0 Å². The predicted molar refractivity (Wildman–Crippen MR) is 98.7 cm³/mol. The van der Waals surface area contributed by atoms with Crippen LogP contribution in [0.2, 0.25) is 0 Å². The molecule has 0 aliphatic carbocycles. The van der Waals surface area contributed by atoms with Gasteiger partial charge in [0.05, 0.1) is 24.1 Å². The number of benzene rings is 1. The normalized spacial score (nSPS) is 17.5. The first kappa shape index (κ1) is 17.0. The Hall–Kier alpha value is -2.45. The van der Waals surface area contributed by atoms with Crippen LogP contribution >= 0.6 is 11.3 Å². The van der Waals surface area contributed by atoms with E-state index in [2.05, 4.69) is 25.4 Å². The Bertz CT molecular complexity index is 899. The first-order chi connectivity index (χ1) is 12.7. The SMILES string of the molecule is Cc1nnc(Nc2cncc(C3CCCN3Cc3ccccc3F)n2)s1. The van der Waals surface area contributed by atoms with Gasteiger partial charge >= 0.3 is 0 Å². The van der Waals surface area contributed by atoms with Crippen LogP contribution < -0.4 is 5.32 Å². The number of nitrogens with one attached hydrogen (secondary N) is 1. The van der Waals surface area contributed by atoms with Crippen LogP contribution in [0.15, 0.2) is 36.7 Å². The Balaban J connectivity index is 1.52. The van der Waals surface area contributed by atoms with E-state index < -0.39 is 0 Å². The summed E-state index contributed by atoms with van der Waals surface area (Å²) in [6, 6.07) is 7.08. The van der Waals surface area contributed by atoms with Crippen LogP contribution in [0, 0.1) is 12.7 Å². The highest BCUT2D eigenvalue weighted by Crippen LogP contribution is 2.33. The van der Waals surface area contributed by atoms with E-state index >= 15 is 0 Å². The molecule has 26 heavy (non-hydrogen) atoms. The second-order valence-corrected chi connectivity index (χ2v) is 7.48. The number of aromatic nitrogens is 4. The quantitative estimate of drug-likeness (QED) is 0.736. The third kappa shape index (κ3) is 3.71. The molecule has 3 heterocycles. The molecule has 2 aromatic heterocycles. The molecule has 6 nitrogen and oxygen atoms in total. The van der Waals surface area contributed by atoms with Crippen molar-refractivity contribution in [2.24, 2.45) is 0 Å². The number of halogens is 1. The average molecular weight is 370 g/mol. The van der Waals surface area contributed by atoms with Crippen molar-refractivity contribution in [1.29, 1.82) is 0 Å². The summed E-state index contributed by atoms with van der Waals surface area (Å²) in [5, 5.41) is 12.8. The van der Waals surface area contributed by atoms with Crippen molar-refractivity contribution in [3.63, 3.8) is 0 Å². The predicted octanol–water partition coefficient (Wildman–Crippen LogP) is 3.86. The molecule has 1 N–H and O–H groups in total.